The molecule has 10 N–H and O–H groups in total. The Balaban J connectivity index is 1.86. The van der Waals surface area contributed by atoms with Crippen LogP contribution in [0.2, 0.25) is 0 Å². The second kappa shape index (κ2) is 18.0. The summed E-state index contributed by atoms with van der Waals surface area (Å²) >= 11 is 0. The highest BCUT2D eigenvalue weighted by molar-refractivity contribution is 5.97. The molecule has 1 fully saturated rings. The monoisotopic (exact) mass is 664 g/mol. The van der Waals surface area contributed by atoms with Crippen molar-refractivity contribution in [2.24, 2.45) is 22.2 Å². The van der Waals surface area contributed by atoms with Gasteiger partial charge in [0.15, 0.2) is 5.96 Å². The van der Waals surface area contributed by atoms with Gasteiger partial charge in [-0.3, -0.25) is 33.8 Å². The lowest BCUT2D eigenvalue weighted by Gasteiger charge is -2.37. The SMILES string of the molecule is C=CC(=O)NC(CCC(=O)O)C(=O)N1CCCC[C@H]1C(=O)NC(Cc1ccc2ccccc2c1)C(=O)NC(CCCN=C(N)N)C(N)=O. The van der Waals surface area contributed by atoms with Crippen LogP contribution in [0.15, 0.2) is 60.1 Å². The third-order valence-corrected chi connectivity index (χ3v) is 8.03. The molecule has 5 amide bonds. The van der Waals surface area contributed by atoms with Crippen molar-refractivity contribution in [2.45, 2.75) is 75.5 Å². The number of hydrogen-bond donors (Lipinski definition) is 7. The smallest absolute Gasteiger partial charge is 0.303 e. The number of guanidine groups is 1. The molecule has 0 aliphatic carbocycles. The summed E-state index contributed by atoms with van der Waals surface area (Å²) in [5, 5.41) is 19.0. The quantitative estimate of drug-likeness (QED) is 0.0511. The van der Waals surface area contributed by atoms with Gasteiger partial charge in [0.2, 0.25) is 29.5 Å². The Hall–Kier alpha value is -5.47. The van der Waals surface area contributed by atoms with E-state index in [4.69, 9.17) is 17.2 Å². The highest BCUT2D eigenvalue weighted by atomic mass is 16.4. The van der Waals surface area contributed by atoms with Crippen molar-refractivity contribution >= 4 is 52.2 Å². The Morgan fingerprint density at radius 2 is 1.67 bits per heavy atom. The molecule has 1 aliphatic rings. The third kappa shape index (κ3) is 11.1. The lowest BCUT2D eigenvalue weighted by molar-refractivity contribution is -0.146. The zero-order valence-corrected chi connectivity index (χ0v) is 26.7. The number of carbonyl (C=O) groups is 6. The van der Waals surface area contributed by atoms with Gasteiger partial charge in [0, 0.05) is 25.9 Å². The fourth-order valence-electron chi connectivity index (χ4n) is 5.56. The van der Waals surface area contributed by atoms with Gasteiger partial charge >= 0.3 is 5.97 Å². The van der Waals surface area contributed by atoms with E-state index in [-0.39, 0.29) is 51.2 Å². The molecule has 4 atom stereocenters. The van der Waals surface area contributed by atoms with Crippen molar-refractivity contribution in [1.29, 1.82) is 0 Å². The van der Waals surface area contributed by atoms with Crippen molar-refractivity contribution < 1.29 is 33.9 Å². The molecule has 2 aromatic rings. The summed E-state index contributed by atoms with van der Waals surface area (Å²) in [6.45, 7) is 3.78. The number of carbonyl (C=O) groups excluding carboxylic acids is 5. The standard InChI is InChI=1S/C33H44N8O7/c1-2-27(42)38-24(14-15-28(43)44)32(48)41-17-6-5-11-26(41)31(47)40-25(19-20-12-13-21-8-3-4-9-22(21)18-20)30(46)39-23(29(34)45)10-7-16-37-33(35)36/h2-4,8-9,12-13,18,23-26H,1,5-7,10-11,14-17,19H2,(H2,34,45)(H,38,42)(H,39,46)(H,40,47)(H,43,44)(H4,35,36,37)/t23?,24?,25?,26-/m0/s1. The van der Waals surface area contributed by atoms with Gasteiger partial charge < -0.3 is 43.2 Å². The molecule has 0 spiro atoms. The number of nitrogens with one attached hydrogen (secondary N) is 3. The predicted octanol–water partition coefficient (Wildman–Crippen LogP) is -0.192. The third-order valence-electron chi connectivity index (χ3n) is 8.03. The summed E-state index contributed by atoms with van der Waals surface area (Å²) in [5.74, 6) is -4.58. The summed E-state index contributed by atoms with van der Waals surface area (Å²) in [6.07, 6.45) is 2.41. The van der Waals surface area contributed by atoms with E-state index in [1.54, 1.807) is 0 Å². The summed E-state index contributed by atoms with van der Waals surface area (Å²) in [6, 6.07) is 8.84. The van der Waals surface area contributed by atoms with Crippen molar-refractivity contribution in [1.82, 2.24) is 20.9 Å². The van der Waals surface area contributed by atoms with E-state index in [1.165, 1.54) is 4.90 Å². The van der Waals surface area contributed by atoms with E-state index in [1.807, 2.05) is 42.5 Å². The van der Waals surface area contributed by atoms with E-state index in [9.17, 15) is 33.9 Å². The molecule has 3 unspecified atom stereocenters. The topological polar surface area (TPSA) is 252 Å². The maximum absolute atomic E-state index is 13.9. The number of nitrogens with two attached hydrogens (primary N) is 3. The number of aliphatic imine (C=N–C) groups is 1. The van der Waals surface area contributed by atoms with E-state index in [2.05, 4.69) is 27.5 Å². The van der Waals surface area contributed by atoms with Crippen LogP contribution in [0.3, 0.4) is 0 Å². The summed E-state index contributed by atoms with van der Waals surface area (Å²) < 4.78 is 0. The Morgan fingerprint density at radius 3 is 2.33 bits per heavy atom. The Bertz CT molecular complexity index is 1540. The molecule has 0 radical (unpaired) electrons. The molecule has 3 rings (SSSR count). The number of rotatable bonds is 17. The summed E-state index contributed by atoms with van der Waals surface area (Å²) in [7, 11) is 0. The molecule has 15 heteroatoms. The second-order valence-electron chi connectivity index (χ2n) is 11.6. The number of nitrogens with zero attached hydrogens (tertiary/aromatic N) is 2. The number of fused-ring (bicyclic) bond motifs is 1. The van der Waals surface area contributed by atoms with Crippen LogP contribution in [-0.4, -0.2) is 88.7 Å². The van der Waals surface area contributed by atoms with Crippen molar-refractivity contribution in [3.05, 3.63) is 60.7 Å². The highest BCUT2D eigenvalue weighted by Gasteiger charge is 2.37. The van der Waals surface area contributed by atoms with Gasteiger partial charge in [-0.1, -0.05) is 49.0 Å². The zero-order valence-electron chi connectivity index (χ0n) is 26.7. The second-order valence-corrected chi connectivity index (χ2v) is 11.6. The van der Waals surface area contributed by atoms with Gasteiger partial charge in [0.05, 0.1) is 0 Å². The molecule has 48 heavy (non-hydrogen) atoms. The average Bonchev–Trinajstić information content (AvgIpc) is 3.06. The number of likely N-dealkylation sites (tertiary alicyclic amines) is 1. The molecule has 1 heterocycles. The predicted molar refractivity (Wildman–Crippen MR) is 179 cm³/mol. The number of amides is 5. The van der Waals surface area contributed by atoms with Crippen molar-refractivity contribution in [3.8, 4) is 0 Å². The van der Waals surface area contributed by atoms with Gasteiger partial charge in [-0.2, -0.15) is 0 Å². The Morgan fingerprint density at radius 1 is 0.938 bits per heavy atom. The fourth-order valence-corrected chi connectivity index (χ4v) is 5.56. The van der Waals surface area contributed by atoms with E-state index >= 15 is 0 Å². The van der Waals surface area contributed by atoms with Crippen molar-refractivity contribution in [2.75, 3.05) is 13.1 Å². The van der Waals surface area contributed by atoms with Crippen LogP contribution in [0.5, 0.6) is 0 Å². The highest BCUT2D eigenvalue weighted by Crippen LogP contribution is 2.21. The molecule has 0 bridgehead atoms. The largest absolute Gasteiger partial charge is 0.481 e. The first-order valence-electron chi connectivity index (χ1n) is 15.8. The van der Waals surface area contributed by atoms with E-state index < -0.39 is 59.7 Å². The molecular formula is C33H44N8O7. The van der Waals surface area contributed by atoms with Crippen LogP contribution in [0.25, 0.3) is 10.8 Å². The first-order valence-corrected chi connectivity index (χ1v) is 15.8. The number of hydrogen-bond acceptors (Lipinski definition) is 7. The summed E-state index contributed by atoms with van der Waals surface area (Å²) in [5.41, 5.74) is 17.0. The first-order chi connectivity index (χ1) is 22.9. The number of primary amides is 1. The maximum Gasteiger partial charge on any atom is 0.303 e. The van der Waals surface area contributed by atoms with Crippen LogP contribution >= 0.6 is 0 Å². The van der Waals surface area contributed by atoms with Gasteiger partial charge in [0.25, 0.3) is 0 Å². The van der Waals surface area contributed by atoms with Gasteiger partial charge in [-0.25, -0.2) is 0 Å². The van der Waals surface area contributed by atoms with Crippen molar-refractivity contribution in [3.63, 3.8) is 0 Å². The molecule has 2 aromatic carbocycles. The minimum Gasteiger partial charge on any atom is -0.481 e. The number of carboxylic acids is 1. The van der Waals surface area contributed by atoms with Crippen LogP contribution in [0, 0.1) is 0 Å². The zero-order chi connectivity index (χ0) is 35.2. The number of aliphatic carboxylic acids is 1. The minimum absolute atomic E-state index is 0.0547. The van der Waals surface area contributed by atoms with Crippen LogP contribution in [0.4, 0.5) is 0 Å². The molecule has 0 aromatic heterocycles. The molecular weight excluding hydrogens is 620 g/mol. The first kappa shape index (κ1) is 37.0. The molecule has 1 saturated heterocycles. The molecule has 15 nitrogen and oxygen atoms in total. The Labute approximate surface area is 278 Å². The van der Waals surface area contributed by atoms with Gasteiger partial charge in [0.1, 0.15) is 24.2 Å². The lowest BCUT2D eigenvalue weighted by Crippen LogP contribution is -2.60. The minimum atomic E-state index is -1.20. The molecule has 0 saturated carbocycles. The number of benzene rings is 2. The summed E-state index contributed by atoms with van der Waals surface area (Å²) in [4.78, 5) is 82.0. The fraction of sp³-hybridized carbons (Fsp3) is 0.424. The van der Waals surface area contributed by atoms with Gasteiger partial charge in [-0.05, 0) is 60.9 Å². The Kier molecular flexibility index (Phi) is 13.9. The normalized spacial score (nSPS) is 16.1. The average molecular weight is 665 g/mol. The van der Waals surface area contributed by atoms with Gasteiger partial charge in [-0.15, -0.1) is 0 Å². The number of carboxylic acid groups (broad SMARTS) is 1. The lowest BCUT2D eigenvalue weighted by atomic mass is 9.97. The maximum atomic E-state index is 13.9. The van der Waals surface area contributed by atoms with E-state index in [0.29, 0.717) is 19.3 Å². The van der Waals surface area contributed by atoms with Crippen LogP contribution in [-0.2, 0) is 35.2 Å². The van der Waals surface area contributed by atoms with E-state index in [0.717, 1.165) is 22.4 Å². The molecule has 1 aliphatic heterocycles. The van der Waals surface area contributed by atoms with Crippen LogP contribution < -0.4 is 33.2 Å². The molecule has 258 valence electrons. The number of piperidine rings is 1. The van der Waals surface area contributed by atoms with Crippen LogP contribution in [0.1, 0.15) is 50.5 Å².